The van der Waals surface area contributed by atoms with E-state index in [2.05, 4.69) is 20.8 Å². The summed E-state index contributed by atoms with van der Waals surface area (Å²) in [5.41, 5.74) is 0. The Hall–Kier alpha value is -2.13. The van der Waals surface area contributed by atoms with Gasteiger partial charge < -0.3 is 14.2 Å². The van der Waals surface area contributed by atoms with Crippen LogP contribution in [0, 0.1) is 0 Å². The van der Waals surface area contributed by atoms with Crippen molar-refractivity contribution >= 4 is 27.8 Å². The molecular formula is C11H11F5O9S. The van der Waals surface area contributed by atoms with E-state index in [4.69, 9.17) is 4.55 Å². The van der Waals surface area contributed by atoms with E-state index in [9.17, 15) is 44.8 Å². The molecule has 0 radical (unpaired) electrons. The van der Waals surface area contributed by atoms with Crippen LogP contribution >= 0.6 is 0 Å². The highest BCUT2D eigenvalue weighted by Gasteiger charge is 2.69. The lowest BCUT2D eigenvalue weighted by Crippen LogP contribution is -2.59. The van der Waals surface area contributed by atoms with Gasteiger partial charge in [-0.2, -0.15) is 30.4 Å². The van der Waals surface area contributed by atoms with Crippen molar-refractivity contribution in [1.29, 1.82) is 0 Å². The van der Waals surface area contributed by atoms with Crippen LogP contribution in [0.3, 0.4) is 0 Å². The molecule has 0 rings (SSSR count). The summed E-state index contributed by atoms with van der Waals surface area (Å²) in [5, 5.41) is -5.31. The van der Waals surface area contributed by atoms with Crippen molar-refractivity contribution < 1.29 is 63.5 Å². The molecule has 26 heavy (non-hydrogen) atoms. The number of ether oxygens (including phenoxy) is 3. The van der Waals surface area contributed by atoms with Gasteiger partial charge in [0.05, 0.1) is 0 Å². The Kier molecular flexibility index (Phi) is 7.39. The van der Waals surface area contributed by atoms with Gasteiger partial charge in [-0.25, -0.2) is 9.59 Å². The van der Waals surface area contributed by atoms with Crippen LogP contribution in [0.5, 0.6) is 0 Å². The van der Waals surface area contributed by atoms with E-state index in [1.165, 1.54) is 0 Å². The molecule has 150 valence electrons. The van der Waals surface area contributed by atoms with Crippen LogP contribution in [0.2, 0.25) is 0 Å². The van der Waals surface area contributed by atoms with Crippen LogP contribution in [-0.4, -0.2) is 61.1 Å². The van der Waals surface area contributed by atoms with Crippen LogP contribution in [0.25, 0.3) is 0 Å². The Bertz CT molecular complexity index is 685. The molecule has 0 saturated heterocycles. The van der Waals surface area contributed by atoms with Crippen molar-refractivity contribution in [1.82, 2.24) is 0 Å². The lowest BCUT2D eigenvalue weighted by molar-refractivity contribution is -0.359. The van der Waals surface area contributed by atoms with E-state index in [0.29, 0.717) is 0 Å². The van der Waals surface area contributed by atoms with E-state index >= 15 is 0 Å². The van der Waals surface area contributed by atoms with Crippen LogP contribution in [0.1, 0.15) is 6.92 Å². The van der Waals surface area contributed by atoms with Crippen molar-refractivity contribution in [2.24, 2.45) is 0 Å². The summed E-state index contributed by atoms with van der Waals surface area (Å²) in [5.74, 6) is -10.5. The van der Waals surface area contributed by atoms with E-state index in [0.717, 1.165) is 6.92 Å². The summed E-state index contributed by atoms with van der Waals surface area (Å²) in [7, 11) is -6.25. The normalized spacial score (nSPS) is 14.9. The fraction of sp³-hybridized carbons (Fsp3) is 0.545. The Labute approximate surface area is 142 Å². The van der Waals surface area contributed by atoms with Gasteiger partial charge in [-0.1, -0.05) is 6.58 Å². The fourth-order valence-electron chi connectivity index (χ4n) is 1.09. The molecule has 0 aliphatic rings. The Balaban J connectivity index is 6.03. The fourth-order valence-corrected chi connectivity index (χ4v) is 1.30. The number of rotatable bonds is 9. The summed E-state index contributed by atoms with van der Waals surface area (Å²) in [6.45, 7) is -0.532. The molecule has 9 nitrogen and oxygen atoms in total. The minimum Gasteiger partial charge on any atom is -0.453 e. The first-order chi connectivity index (χ1) is 11.5. The monoisotopic (exact) mass is 414 g/mol. The van der Waals surface area contributed by atoms with Gasteiger partial charge in [0, 0.05) is 6.08 Å². The Morgan fingerprint density at radius 3 is 2.00 bits per heavy atom. The van der Waals surface area contributed by atoms with Gasteiger partial charge in [-0.3, -0.25) is 9.35 Å². The smallest absolute Gasteiger partial charge is 0.453 e. The minimum atomic E-state index is -6.25. The van der Waals surface area contributed by atoms with Crippen LogP contribution < -0.4 is 0 Å². The number of carbonyl (C=O) groups is 3. The summed E-state index contributed by atoms with van der Waals surface area (Å²) in [6.07, 6.45) is -5.96. The summed E-state index contributed by atoms with van der Waals surface area (Å²) >= 11 is 0. The Morgan fingerprint density at radius 1 is 1.15 bits per heavy atom. The number of halogens is 5. The van der Waals surface area contributed by atoms with E-state index in [-0.39, 0.29) is 6.08 Å². The molecule has 0 aromatic rings. The average molecular weight is 414 g/mol. The van der Waals surface area contributed by atoms with Crippen molar-refractivity contribution in [2.45, 2.75) is 24.1 Å². The molecule has 1 unspecified atom stereocenters. The number of hydrogen-bond acceptors (Lipinski definition) is 8. The Morgan fingerprint density at radius 2 is 1.65 bits per heavy atom. The second-order valence-electron chi connectivity index (χ2n) is 4.42. The molecule has 0 amide bonds. The SMILES string of the molecule is C=CC(=O)OC(OCC(F)(F)S(=O)(=O)O)(C(=O)OCC(C)=O)C(F)(F)F. The number of ketones is 1. The van der Waals surface area contributed by atoms with Crippen molar-refractivity contribution in [3.05, 3.63) is 12.7 Å². The molecule has 0 spiro atoms. The third-order valence-corrected chi connectivity index (χ3v) is 3.15. The first-order valence-electron chi connectivity index (χ1n) is 6.08. The minimum absolute atomic E-state index is 0.100. The zero-order valence-corrected chi connectivity index (χ0v) is 13.5. The standard InChI is InChI=1S/C11H11F5O9S/c1-3-7(18)25-10(11(14,15)16,8(19)23-4-6(2)17)24-5-9(12,13)26(20,21)22/h3H,1,4-5H2,2H3,(H,20,21,22). The van der Waals surface area contributed by atoms with Gasteiger partial charge in [0.25, 0.3) is 0 Å². The van der Waals surface area contributed by atoms with Crippen molar-refractivity contribution in [2.75, 3.05) is 13.2 Å². The predicted molar refractivity (Wildman–Crippen MR) is 69.2 cm³/mol. The summed E-state index contributed by atoms with van der Waals surface area (Å²) < 4.78 is 106. The van der Waals surface area contributed by atoms with Gasteiger partial charge in [0.2, 0.25) is 0 Å². The number of hydrogen-bond donors (Lipinski definition) is 1. The van der Waals surface area contributed by atoms with E-state index in [1.54, 1.807) is 0 Å². The average Bonchev–Trinajstić information content (AvgIpc) is 2.46. The molecular weight excluding hydrogens is 403 g/mol. The highest BCUT2D eigenvalue weighted by Crippen LogP contribution is 2.38. The maximum Gasteiger partial charge on any atom is 0.468 e. The van der Waals surface area contributed by atoms with Gasteiger partial charge in [0.1, 0.15) is 13.2 Å². The zero-order chi connectivity index (χ0) is 21.0. The number of carbonyl (C=O) groups excluding carboxylic acids is 3. The zero-order valence-electron chi connectivity index (χ0n) is 12.7. The molecule has 0 aliphatic heterocycles. The van der Waals surface area contributed by atoms with Crippen molar-refractivity contribution in [3.8, 4) is 0 Å². The molecule has 15 heteroatoms. The van der Waals surface area contributed by atoms with Gasteiger partial charge in [0.15, 0.2) is 5.78 Å². The molecule has 0 aromatic heterocycles. The molecule has 0 bridgehead atoms. The highest BCUT2D eigenvalue weighted by atomic mass is 32.2. The largest absolute Gasteiger partial charge is 0.468 e. The number of esters is 2. The third-order valence-electron chi connectivity index (χ3n) is 2.28. The number of Topliss-reactive ketones (excluding diaryl/α,β-unsaturated/α-hetero) is 1. The number of alkyl halides is 5. The first kappa shape index (κ1) is 23.9. The third kappa shape index (κ3) is 5.70. The molecule has 0 fully saturated rings. The lowest BCUT2D eigenvalue weighted by atomic mass is 10.2. The molecule has 0 heterocycles. The van der Waals surface area contributed by atoms with Gasteiger partial charge >= 0.3 is 39.3 Å². The highest BCUT2D eigenvalue weighted by molar-refractivity contribution is 7.86. The summed E-state index contributed by atoms with van der Waals surface area (Å²) in [6, 6.07) is 0. The van der Waals surface area contributed by atoms with Crippen molar-refractivity contribution in [3.63, 3.8) is 0 Å². The van der Waals surface area contributed by atoms with E-state index < -0.39 is 58.3 Å². The topological polar surface area (TPSA) is 133 Å². The van der Waals surface area contributed by atoms with Crippen LogP contribution in [0.4, 0.5) is 22.0 Å². The molecule has 0 saturated carbocycles. The molecule has 1 atom stereocenters. The van der Waals surface area contributed by atoms with E-state index in [1.807, 2.05) is 0 Å². The van der Waals surface area contributed by atoms with Crippen LogP contribution in [-0.2, 0) is 38.7 Å². The maximum atomic E-state index is 13.2. The lowest BCUT2D eigenvalue weighted by Gasteiger charge is -2.32. The van der Waals surface area contributed by atoms with Crippen LogP contribution in [0.15, 0.2) is 12.7 Å². The predicted octanol–water partition coefficient (Wildman–Crippen LogP) is 0.604. The van der Waals surface area contributed by atoms with Gasteiger partial charge in [-0.05, 0) is 6.92 Å². The second kappa shape index (κ2) is 8.05. The van der Waals surface area contributed by atoms with Gasteiger partial charge in [-0.15, -0.1) is 0 Å². The summed E-state index contributed by atoms with van der Waals surface area (Å²) in [4.78, 5) is 33.4. The second-order valence-corrected chi connectivity index (χ2v) is 5.97. The quantitative estimate of drug-likeness (QED) is 0.189. The molecule has 1 N–H and O–H groups in total. The maximum absolute atomic E-state index is 13.2. The molecule has 0 aromatic carbocycles. The molecule has 0 aliphatic carbocycles. The first-order valence-corrected chi connectivity index (χ1v) is 7.52.